The van der Waals surface area contributed by atoms with Gasteiger partial charge in [0.2, 0.25) is 0 Å². The van der Waals surface area contributed by atoms with Gasteiger partial charge in [0.05, 0.1) is 28.1 Å². The van der Waals surface area contributed by atoms with Crippen molar-refractivity contribution in [2.75, 3.05) is 5.32 Å². The topological polar surface area (TPSA) is 97.4 Å². The molecule has 0 heterocycles. The van der Waals surface area contributed by atoms with E-state index in [0.717, 1.165) is 6.07 Å². The lowest BCUT2D eigenvalue weighted by Gasteiger charge is -2.28. The molecule has 1 N–H and O–H groups in total. The van der Waals surface area contributed by atoms with Crippen LogP contribution in [0.5, 0.6) is 5.75 Å². The van der Waals surface area contributed by atoms with Crippen LogP contribution < -0.4 is 10.1 Å². The van der Waals surface area contributed by atoms with Gasteiger partial charge in [-0.1, -0.05) is 33.6 Å². The number of anilines is 1. The van der Waals surface area contributed by atoms with Crippen LogP contribution in [0.15, 0.2) is 34.8 Å². The maximum absolute atomic E-state index is 13.9. The van der Waals surface area contributed by atoms with E-state index in [1.807, 2.05) is 25.7 Å². The number of nitriles is 1. The first-order valence-electron chi connectivity index (χ1n) is 9.53. The predicted molar refractivity (Wildman–Crippen MR) is 124 cm³/mol. The number of ether oxygens (including phenoxy) is 1. The predicted octanol–water partition coefficient (Wildman–Crippen LogP) is 7.04. The summed E-state index contributed by atoms with van der Waals surface area (Å²) in [6, 6.07) is 7.05. The summed E-state index contributed by atoms with van der Waals surface area (Å²) in [6.45, 7) is 2.47. The van der Waals surface area contributed by atoms with Crippen LogP contribution in [0.4, 0.5) is 24.5 Å². The zero-order chi connectivity index (χ0) is 24.9. The van der Waals surface area contributed by atoms with Gasteiger partial charge in [-0.15, -0.1) is 0 Å². The lowest BCUT2D eigenvalue weighted by molar-refractivity contribution is -0.384. The molecular formula is C20H20BrClF3N3O4Si. The Bertz CT molecular complexity index is 1070. The minimum atomic E-state index is -3.14. The highest BCUT2D eigenvalue weighted by Crippen LogP contribution is 2.40. The highest BCUT2D eigenvalue weighted by atomic mass is 79.9. The van der Waals surface area contributed by atoms with Crippen LogP contribution in [0.3, 0.4) is 0 Å². The number of alkyl halides is 2. The van der Waals surface area contributed by atoms with Crippen LogP contribution in [-0.2, 0) is 4.43 Å². The van der Waals surface area contributed by atoms with Crippen molar-refractivity contribution < 1.29 is 27.3 Å². The number of halogens is 5. The Balaban J connectivity index is 2.62. The number of benzene rings is 2. The van der Waals surface area contributed by atoms with Crippen molar-refractivity contribution >= 4 is 47.2 Å². The Morgan fingerprint density at radius 3 is 2.55 bits per heavy atom. The smallest absolute Gasteiger partial charge is 0.387 e. The van der Waals surface area contributed by atoms with Crippen LogP contribution >= 0.6 is 27.5 Å². The summed E-state index contributed by atoms with van der Waals surface area (Å²) in [6.07, 6.45) is -1.06. The first kappa shape index (κ1) is 26.9. The van der Waals surface area contributed by atoms with Gasteiger partial charge in [0.25, 0.3) is 5.69 Å². The van der Waals surface area contributed by atoms with E-state index < -0.39 is 43.5 Å². The average molecular weight is 567 g/mol. The molecular weight excluding hydrogens is 547 g/mol. The lowest BCUT2D eigenvalue weighted by atomic mass is 9.99. The second-order valence-corrected chi connectivity index (χ2v) is 13.6. The van der Waals surface area contributed by atoms with Gasteiger partial charge >= 0.3 is 6.61 Å². The van der Waals surface area contributed by atoms with Crippen molar-refractivity contribution in [3.05, 3.63) is 61.3 Å². The lowest BCUT2D eigenvalue weighted by Crippen LogP contribution is -2.33. The van der Waals surface area contributed by atoms with Crippen LogP contribution in [0, 0.1) is 27.3 Å². The molecule has 0 saturated heterocycles. The Labute approximate surface area is 202 Å². The number of nitro groups is 1. The minimum Gasteiger partial charge on any atom is -0.434 e. The monoisotopic (exact) mass is 565 g/mol. The summed E-state index contributed by atoms with van der Waals surface area (Å²) >= 11 is 9.13. The minimum absolute atomic E-state index is 0.0882. The SMILES string of the molecule is C[Si](C)(C)OC(C#N)C[C@@H](Nc1cc(Cl)c(F)cc1[N+](=O)[O-])c1c(Br)cccc1OC(F)F. The Morgan fingerprint density at radius 1 is 1.33 bits per heavy atom. The molecule has 2 aromatic carbocycles. The van der Waals surface area contributed by atoms with E-state index in [4.69, 9.17) is 16.0 Å². The maximum Gasteiger partial charge on any atom is 0.387 e. The van der Waals surface area contributed by atoms with Crippen molar-refractivity contribution in [3.8, 4) is 11.8 Å². The van der Waals surface area contributed by atoms with Crippen LogP contribution in [-0.4, -0.2) is 26.0 Å². The molecule has 2 atom stereocenters. The first-order chi connectivity index (χ1) is 15.3. The molecule has 1 unspecified atom stereocenters. The van der Waals surface area contributed by atoms with Gasteiger partial charge in [0.1, 0.15) is 23.4 Å². The highest BCUT2D eigenvalue weighted by molar-refractivity contribution is 9.10. The highest BCUT2D eigenvalue weighted by Gasteiger charge is 2.30. The van der Waals surface area contributed by atoms with Gasteiger partial charge in [-0.2, -0.15) is 14.0 Å². The number of nitrogens with one attached hydrogen (secondary N) is 1. The molecule has 13 heteroatoms. The molecule has 0 saturated carbocycles. The largest absolute Gasteiger partial charge is 0.434 e. The van der Waals surface area contributed by atoms with Crippen LogP contribution in [0.25, 0.3) is 0 Å². The van der Waals surface area contributed by atoms with Crippen molar-refractivity contribution in [1.29, 1.82) is 5.26 Å². The molecule has 178 valence electrons. The summed E-state index contributed by atoms with van der Waals surface area (Å²) in [4.78, 5) is 10.7. The molecule has 2 rings (SSSR count). The van der Waals surface area contributed by atoms with Crippen LogP contribution in [0.1, 0.15) is 18.0 Å². The number of nitro benzene ring substituents is 1. The number of hydrogen-bond donors (Lipinski definition) is 1. The van der Waals surface area contributed by atoms with Gasteiger partial charge in [0, 0.05) is 16.5 Å². The molecule has 0 aromatic heterocycles. The zero-order valence-corrected chi connectivity index (χ0v) is 21.1. The number of rotatable bonds is 10. The quantitative estimate of drug-likeness (QED) is 0.188. The van der Waals surface area contributed by atoms with Gasteiger partial charge in [-0.25, -0.2) is 4.39 Å². The van der Waals surface area contributed by atoms with E-state index in [2.05, 4.69) is 26.0 Å². The Hall–Kier alpha value is -2.33. The maximum atomic E-state index is 13.9. The molecule has 0 spiro atoms. The molecule has 0 radical (unpaired) electrons. The van der Waals surface area contributed by atoms with E-state index in [9.17, 15) is 28.5 Å². The van der Waals surface area contributed by atoms with Crippen molar-refractivity contribution in [1.82, 2.24) is 0 Å². The van der Waals surface area contributed by atoms with Gasteiger partial charge in [0.15, 0.2) is 8.32 Å². The normalized spacial score (nSPS) is 13.3. The van der Waals surface area contributed by atoms with Crippen LogP contribution in [0.2, 0.25) is 24.7 Å². The second kappa shape index (κ2) is 11.2. The molecule has 33 heavy (non-hydrogen) atoms. The summed E-state index contributed by atoms with van der Waals surface area (Å²) in [5, 5.41) is 23.6. The first-order valence-corrected chi connectivity index (χ1v) is 14.1. The van der Waals surface area contributed by atoms with Gasteiger partial charge < -0.3 is 14.5 Å². The molecule has 0 fully saturated rings. The third-order valence-corrected chi connectivity index (χ3v) is 6.20. The summed E-state index contributed by atoms with van der Waals surface area (Å²) in [7, 11) is -2.19. The van der Waals surface area contributed by atoms with E-state index in [1.54, 1.807) is 6.07 Å². The Kier molecular flexibility index (Phi) is 9.13. The van der Waals surface area contributed by atoms with Crippen molar-refractivity contribution in [3.63, 3.8) is 0 Å². The number of nitrogens with zero attached hydrogens (tertiary/aromatic N) is 2. The third-order valence-electron chi connectivity index (χ3n) is 4.23. The fourth-order valence-corrected chi connectivity index (χ4v) is 4.85. The molecule has 0 bridgehead atoms. The third kappa shape index (κ3) is 7.60. The Morgan fingerprint density at radius 2 is 2.00 bits per heavy atom. The van der Waals surface area contributed by atoms with Crippen molar-refractivity contribution in [2.45, 2.75) is 44.8 Å². The molecule has 0 aliphatic heterocycles. The molecule has 7 nitrogen and oxygen atoms in total. The molecule has 0 aliphatic rings. The number of hydrogen-bond acceptors (Lipinski definition) is 6. The summed E-state index contributed by atoms with van der Waals surface area (Å²) < 4.78 is 50.9. The average Bonchev–Trinajstić information content (AvgIpc) is 2.68. The fraction of sp³-hybridized carbons (Fsp3) is 0.350. The van der Waals surface area contributed by atoms with Gasteiger partial charge in [-0.05, 0) is 37.8 Å². The van der Waals surface area contributed by atoms with E-state index in [0.29, 0.717) is 10.5 Å². The standard InChI is InChI=1S/C20H20BrClF3N3O4Si/c1-33(2,3)32-11(10-26)7-16(19-12(21)5-4-6-18(19)31-20(24)25)27-15-8-13(22)14(23)9-17(15)28(29)30/h4-6,8-9,11,16,20,27H,7H2,1-3H3/t11?,16-/m1/s1. The summed E-state index contributed by atoms with van der Waals surface area (Å²) in [5.74, 6) is -1.21. The van der Waals surface area contributed by atoms with Crippen molar-refractivity contribution in [2.24, 2.45) is 0 Å². The van der Waals surface area contributed by atoms with E-state index in [1.165, 1.54) is 12.1 Å². The second-order valence-electron chi connectivity index (χ2n) is 7.85. The zero-order valence-electron chi connectivity index (χ0n) is 17.7. The molecule has 0 aliphatic carbocycles. The molecule has 0 amide bonds. The van der Waals surface area contributed by atoms with E-state index in [-0.39, 0.29) is 28.4 Å². The molecule has 2 aromatic rings. The van der Waals surface area contributed by atoms with E-state index >= 15 is 0 Å². The summed E-state index contributed by atoms with van der Waals surface area (Å²) in [5.41, 5.74) is -0.614. The fourth-order valence-electron chi connectivity index (χ4n) is 3.06. The van der Waals surface area contributed by atoms with Gasteiger partial charge in [-0.3, -0.25) is 10.1 Å².